The second-order valence-corrected chi connectivity index (χ2v) is 5.35. The van der Waals surface area contributed by atoms with Crippen molar-refractivity contribution in [1.29, 1.82) is 0 Å². The Morgan fingerprint density at radius 3 is 2.48 bits per heavy atom. The van der Waals surface area contributed by atoms with Gasteiger partial charge >= 0.3 is 0 Å². The summed E-state index contributed by atoms with van der Waals surface area (Å²) >= 11 is 0. The van der Waals surface area contributed by atoms with Gasteiger partial charge < -0.3 is 10.2 Å². The van der Waals surface area contributed by atoms with Gasteiger partial charge in [-0.05, 0) is 43.2 Å². The van der Waals surface area contributed by atoms with Crippen LogP contribution >= 0.6 is 0 Å². The van der Waals surface area contributed by atoms with E-state index < -0.39 is 5.82 Å². The molecule has 4 nitrogen and oxygen atoms in total. The van der Waals surface area contributed by atoms with E-state index in [2.05, 4.69) is 29.0 Å². The lowest BCUT2D eigenvalue weighted by Crippen LogP contribution is -2.25. The predicted octanol–water partition coefficient (Wildman–Crippen LogP) is 4.10. The highest BCUT2D eigenvalue weighted by atomic mass is 19.1. The zero-order chi connectivity index (χ0) is 16.7. The average molecular weight is 315 g/mol. The third kappa shape index (κ3) is 4.77. The number of hydrogen-bond acceptors (Lipinski definition) is 3. The van der Waals surface area contributed by atoms with Gasteiger partial charge in [-0.25, -0.2) is 9.37 Å². The summed E-state index contributed by atoms with van der Waals surface area (Å²) in [4.78, 5) is 18.6. The molecule has 1 N–H and O–H groups in total. The zero-order valence-corrected chi connectivity index (χ0v) is 13.6. The molecule has 0 saturated carbocycles. The smallest absolute Gasteiger partial charge is 0.256 e. The van der Waals surface area contributed by atoms with Crippen LogP contribution in [0, 0.1) is 5.82 Å². The number of hydrogen-bond donors (Lipinski definition) is 1. The Labute approximate surface area is 136 Å². The Kier molecular flexibility index (Phi) is 6.09. The molecule has 0 fully saturated rings. The molecule has 0 radical (unpaired) electrons. The summed E-state index contributed by atoms with van der Waals surface area (Å²) in [6.07, 6.45) is 3.89. The van der Waals surface area contributed by atoms with E-state index in [9.17, 15) is 9.18 Å². The number of aromatic nitrogens is 1. The molecule has 122 valence electrons. The lowest BCUT2D eigenvalue weighted by atomic mass is 10.2. The fourth-order valence-electron chi connectivity index (χ4n) is 2.38. The highest BCUT2D eigenvalue weighted by Crippen LogP contribution is 2.16. The van der Waals surface area contributed by atoms with Crippen LogP contribution in [0.25, 0.3) is 0 Å². The van der Waals surface area contributed by atoms with Gasteiger partial charge in [0.05, 0.1) is 11.9 Å². The molecule has 0 bridgehead atoms. The van der Waals surface area contributed by atoms with Crippen molar-refractivity contribution in [3.05, 3.63) is 54.0 Å². The first-order chi connectivity index (χ1) is 11.1. The van der Waals surface area contributed by atoms with Crippen LogP contribution in [-0.4, -0.2) is 24.0 Å². The number of nitrogens with one attached hydrogen (secondary N) is 1. The number of amides is 1. The zero-order valence-electron chi connectivity index (χ0n) is 13.6. The Morgan fingerprint density at radius 2 is 1.91 bits per heavy atom. The summed E-state index contributed by atoms with van der Waals surface area (Å²) < 4.78 is 13.2. The lowest BCUT2D eigenvalue weighted by molar-refractivity contribution is 0.102. The van der Waals surface area contributed by atoms with E-state index in [1.54, 1.807) is 18.3 Å². The van der Waals surface area contributed by atoms with Gasteiger partial charge in [-0.15, -0.1) is 0 Å². The van der Waals surface area contributed by atoms with Crippen molar-refractivity contribution in [3.63, 3.8) is 0 Å². The molecule has 2 aromatic rings. The van der Waals surface area contributed by atoms with Gasteiger partial charge in [-0.3, -0.25) is 4.79 Å². The predicted molar refractivity (Wildman–Crippen MR) is 91.4 cm³/mol. The van der Waals surface area contributed by atoms with Gasteiger partial charge in [0.2, 0.25) is 0 Å². The van der Waals surface area contributed by atoms with Gasteiger partial charge in [0, 0.05) is 18.7 Å². The molecule has 0 aliphatic rings. The van der Waals surface area contributed by atoms with Crippen molar-refractivity contribution in [2.24, 2.45) is 0 Å². The maximum Gasteiger partial charge on any atom is 0.256 e. The van der Waals surface area contributed by atoms with Gasteiger partial charge in [-0.1, -0.05) is 19.9 Å². The van der Waals surface area contributed by atoms with Crippen LogP contribution in [0.1, 0.15) is 37.0 Å². The number of carbonyl (C=O) groups excluding carboxylic acids is 1. The molecule has 2 rings (SSSR count). The van der Waals surface area contributed by atoms with E-state index in [-0.39, 0.29) is 11.5 Å². The van der Waals surface area contributed by atoms with Crippen molar-refractivity contribution >= 4 is 17.4 Å². The molecular formula is C18H22FN3O. The Hall–Kier alpha value is -2.43. The number of nitrogens with zero attached hydrogens (tertiary/aromatic N) is 2. The fourth-order valence-corrected chi connectivity index (χ4v) is 2.38. The molecule has 0 unspecified atom stereocenters. The number of anilines is 2. The van der Waals surface area contributed by atoms with Crippen LogP contribution in [0.3, 0.4) is 0 Å². The van der Waals surface area contributed by atoms with E-state index in [0.29, 0.717) is 5.82 Å². The van der Waals surface area contributed by atoms with Crippen LogP contribution in [-0.2, 0) is 0 Å². The molecule has 0 saturated heterocycles. The Morgan fingerprint density at radius 1 is 1.17 bits per heavy atom. The maximum atomic E-state index is 13.2. The molecule has 1 heterocycles. The highest BCUT2D eigenvalue weighted by molar-refractivity contribution is 6.03. The van der Waals surface area contributed by atoms with E-state index in [1.165, 1.54) is 18.2 Å². The molecule has 1 amide bonds. The summed E-state index contributed by atoms with van der Waals surface area (Å²) in [5.74, 6) is -0.351. The second kappa shape index (κ2) is 8.27. The van der Waals surface area contributed by atoms with E-state index in [4.69, 9.17) is 0 Å². The minimum atomic E-state index is -0.435. The second-order valence-electron chi connectivity index (χ2n) is 5.35. The SMILES string of the molecule is CCCN(CCC)c1ccc(NC(=O)c2cccc(F)c2)nc1. The van der Waals surface area contributed by atoms with E-state index in [1.807, 2.05) is 6.07 Å². The summed E-state index contributed by atoms with van der Waals surface area (Å²) in [5, 5.41) is 2.68. The number of halogens is 1. The van der Waals surface area contributed by atoms with Gasteiger partial charge in [0.15, 0.2) is 0 Å². The summed E-state index contributed by atoms with van der Waals surface area (Å²) in [7, 11) is 0. The fraction of sp³-hybridized carbons (Fsp3) is 0.333. The van der Waals surface area contributed by atoms with Crippen LogP contribution < -0.4 is 10.2 Å². The summed E-state index contributed by atoms with van der Waals surface area (Å²) in [6.45, 7) is 6.24. The van der Waals surface area contributed by atoms with E-state index in [0.717, 1.165) is 31.6 Å². The van der Waals surface area contributed by atoms with Gasteiger partial charge in [-0.2, -0.15) is 0 Å². The van der Waals surface area contributed by atoms with E-state index >= 15 is 0 Å². The first-order valence-corrected chi connectivity index (χ1v) is 7.92. The molecule has 1 aromatic carbocycles. The Bertz CT molecular complexity index is 637. The van der Waals surface area contributed by atoms with Crippen LogP contribution in [0.2, 0.25) is 0 Å². The number of benzene rings is 1. The number of pyridine rings is 1. The molecule has 0 spiro atoms. The molecular weight excluding hydrogens is 293 g/mol. The molecule has 0 atom stereocenters. The number of rotatable bonds is 7. The van der Waals surface area contributed by atoms with Crippen LogP contribution in [0.5, 0.6) is 0 Å². The molecule has 5 heteroatoms. The third-order valence-electron chi connectivity index (χ3n) is 3.43. The van der Waals surface area contributed by atoms with Gasteiger partial charge in [0.1, 0.15) is 11.6 Å². The van der Waals surface area contributed by atoms with Gasteiger partial charge in [0.25, 0.3) is 5.91 Å². The summed E-state index contributed by atoms with van der Waals surface area (Å²) in [6, 6.07) is 9.29. The number of carbonyl (C=O) groups is 1. The van der Waals surface area contributed by atoms with Crippen molar-refractivity contribution in [1.82, 2.24) is 4.98 Å². The molecule has 23 heavy (non-hydrogen) atoms. The van der Waals surface area contributed by atoms with Crippen molar-refractivity contribution in [3.8, 4) is 0 Å². The minimum absolute atomic E-state index is 0.273. The molecule has 0 aliphatic heterocycles. The maximum absolute atomic E-state index is 13.2. The topological polar surface area (TPSA) is 45.2 Å². The third-order valence-corrected chi connectivity index (χ3v) is 3.43. The largest absolute Gasteiger partial charge is 0.370 e. The quantitative estimate of drug-likeness (QED) is 0.836. The molecule has 1 aromatic heterocycles. The monoisotopic (exact) mass is 315 g/mol. The van der Waals surface area contributed by atoms with Crippen molar-refractivity contribution in [2.45, 2.75) is 26.7 Å². The Balaban J connectivity index is 2.06. The van der Waals surface area contributed by atoms with Crippen molar-refractivity contribution in [2.75, 3.05) is 23.3 Å². The summed E-state index contributed by atoms with van der Waals surface area (Å²) in [5.41, 5.74) is 1.31. The lowest BCUT2D eigenvalue weighted by Gasteiger charge is -2.23. The normalized spacial score (nSPS) is 10.4. The standard InChI is InChI=1S/C18H22FN3O/c1-3-10-22(11-4-2)16-8-9-17(20-13-16)21-18(23)14-6-5-7-15(19)12-14/h5-9,12-13H,3-4,10-11H2,1-2H3,(H,20,21,23). The van der Waals surface area contributed by atoms with Crippen LogP contribution in [0.4, 0.5) is 15.9 Å². The first kappa shape index (κ1) is 16.9. The minimum Gasteiger partial charge on any atom is -0.370 e. The highest BCUT2D eigenvalue weighted by Gasteiger charge is 2.09. The molecule has 0 aliphatic carbocycles. The average Bonchev–Trinajstić information content (AvgIpc) is 2.55. The van der Waals surface area contributed by atoms with Crippen LogP contribution in [0.15, 0.2) is 42.6 Å². The van der Waals surface area contributed by atoms with Crippen molar-refractivity contribution < 1.29 is 9.18 Å². The first-order valence-electron chi connectivity index (χ1n) is 7.92.